The van der Waals surface area contributed by atoms with Crippen LogP contribution >= 0.6 is 24.0 Å². The lowest BCUT2D eigenvalue weighted by molar-refractivity contribution is -0.121. The molecular weight excluding hydrogens is 359 g/mol. The fourth-order valence-corrected chi connectivity index (χ4v) is 2.42. The van der Waals surface area contributed by atoms with E-state index < -0.39 is 0 Å². The van der Waals surface area contributed by atoms with Gasteiger partial charge in [-0.05, 0) is 36.6 Å². The Balaban J connectivity index is 0.00000312. The van der Waals surface area contributed by atoms with Crippen molar-refractivity contribution in [1.29, 1.82) is 0 Å². The first-order valence-corrected chi connectivity index (χ1v) is 8.40. The van der Waals surface area contributed by atoms with Crippen molar-refractivity contribution in [2.75, 3.05) is 0 Å². The number of nitrogens with two attached hydrogens (primary N) is 1. The second kappa shape index (κ2) is 11.0. The Kier molecular flexibility index (Phi) is 9.35. The molecule has 0 aromatic heterocycles. The molecule has 0 heterocycles. The highest BCUT2D eigenvalue weighted by atomic mass is 35.5. The quantitative estimate of drug-likeness (QED) is 0.722. The fourth-order valence-electron chi connectivity index (χ4n) is 2.23. The summed E-state index contributed by atoms with van der Waals surface area (Å²) in [6.45, 7) is 2.77. The van der Waals surface area contributed by atoms with Gasteiger partial charge < -0.3 is 15.8 Å². The summed E-state index contributed by atoms with van der Waals surface area (Å²) in [6.07, 6.45) is 1.12. The van der Waals surface area contributed by atoms with E-state index in [0.717, 1.165) is 11.1 Å². The van der Waals surface area contributed by atoms with Crippen LogP contribution in [0.3, 0.4) is 0 Å². The van der Waals surface area contributed by atoms with Crippen molar-refractivity contribution in [1.82, 2.24) is 5.32 Å². The normalized spacial score (nSPS) is 11.3. The lowest BCUT2D eigenvalue weighted by Crippen LogP contribution is -2.26. The first-order valence-electron chi connectivity index (χ1n) is 8.02. The van der Waals surface area contributed by atoms with E-state index in [1.165, 1.54) is 0 Å². The second-order valence-electron chi connectivity index (χ2n) is 5.78. The molecule has 6 heteroatoms. The molecule has 136 valence electrons. The van der Waals surface area contributed by atoms with Crippen LogP contribution in [0.2, 0.25) is 5.02 Å². The summed E-state index contributed by atoms with van der Waals surface area (Å²) < 4.78 is 5.79. The molecular formula is C19H24Cl2N2O2. The number of ether oxygens (including phenoxy) is 1. The summed E-state index contributed by atoms with van der Waals surface area (Å²) in [6, 6.07) is 15.3. The smallest absolute Gasteiger partial charge is 0.220 e. The average Bonchev–Trinajstić information content (AvgIpc) is 2.58. The third-order valence-corrected chi connectivity index (χ3v) is 3.95. The van der Waals surface area contributed by atoms with Gasteiger partial charge in [-0.1, -0.05) is 48.0 Å². The Morgan fingerprint density at radius 3 is 2.48 bits per heavy atom. The maximum absolute atomic E-state index is 11.8. The van der Waals surface area contributed by atoms with Crippen molar-refractivity contribution < 1.29 is 9.53 Å². The van der Waals surface area contributed by atoms with Gasteiger partial charge in [-0.2, -0.15) is 0 Å². The maximum atomic E-state index is 11.8. The molecule has 0 aliphatic carbocycles. The number of para-hydroxylation sites is 1. The lowest BCUT2D eigenvalue weighted by atomic mass is 10.1. The molecule has 0 aliphatic heterocycles. The minimum Gasteiger partial charge on any atom is -0.487 e. The molecule has 1 unspecified atom stereocenters. The number of benzene rings is 2. The highest BCUT2D eigenvalue weighted by Crippen LogP contribution is 2.24. The molecule has 0 spiro atoms. The first-order chi connectivity index (χ1) is 11.6. The molecule has 3 N–H and O–H groups in total. The van der Waals surface area contributed by atoms with Crippen LogP contribution in [0.15, 0.2) is 48.5 Å². The van der Waals surface area contributed by atoms with Crippen molar-refractivity contribution in [3.63, 3.8) is 0 Å². The number of carbonyl (C=O) groups is 1. The van der Waals surface area contributed by atoms with E-state index in [-0.39, 0.29) is 24.4 Å². The monoisotopic (exact) mass is 382 g/mol. The lowest BCUT2D eigenvalue weighted by Gasteiger charge is -2.13. The zero-order valence-electron chi connectivity index (χ0n) is 14.2. The van der Waals surface area contributed by atoms with Crippen LogP contribution in [0, 0.1) is 0 Å². The SMILES string of the molecule is CC(N)CCC(=O)NCc1ccccc1COc1ccccc1Cl.Cl. The zero-order valence-corrected chi connectivity index (χ0v) is 15.8. The Labute approximate surface area is 160 Å². The van der Waals surface area contributed by atoms with Crippen LogP contribution < -0.4 is 15.8 Å². The van der Waals surface area contributed by atoms with Crippen molar-refractivity contribution in [3.8, 4) is 5.75 Å². The van der Waals surface area contributed by atoms with Crippen molar-refractivity contribution in [2.24, 2.45) is 5.73 Å². The molecule has 0 aliphatic rings. The summed E-state index contributed by atoms with van der Waals surface area (Å²) in [5.41, 5.74) is 7.72. The van der Waals surface area contributed by atoms with Crippen molar-refractivity contribution in [3.05, 3.63) is 64.7 Å². The van der Waals surface area contributed by atoms with Crippen molar-refractivity contribution in [2.45, 2.75) is 39.0 Å². The van der Waals surface area contributed by atoms with Crippen LogP contribution in [0.1, 0.15) is 30.9 Å². The molecule has 1 amide bonds. The van der Waals surface area contributed by atoms with Gasteiger partial charge in [-0.15, -0.1) is 12.4 Å². The van der Waals surface area contributed by atoms with Gasteiger partial charge in [0.05, 0.1) is 5.02 Å². The number of carbonyl (C=O) groups excluding carboxylic acids is 1. The van der Waals surface area contributed by atoms with Crippen LogP contribution in [-0.2, 0) is 17.9 Å². The largest absolute Gasteiger partial charge is 0.487 e. The Bertz CT molecular complexity index is 678. The summed E-state index contributed by atoms with van der Waals surface area (Å²) in [7, 11) is 0. The van der Waals surface area contributed by atoms with Gasteiger partial charge >= 0.3 is 0 Å². The van der Waals surface area contributed by atoms with E-state index in [4.69, 9.17) is 22.1 Å². The van der Waals surface area contributed by atoms with Crippen LogP contribution in [0.4, 0.5) is 0 Å². The predicted octanol–water partition coefficient (Wildman–Crippen LogP) is 4.08. The molecule has 0 saturated carbocycles. The van der Waals surface area contributed by atoms with Gasteiger partial charge in [0.1, 0.15) is 12.4 Å². The van der Waals surface area contributed by atoms with Gasteiger partial charge in [0.15, 0.2) is 0 Å². The van der Waals surface area contributed by atoms with Crippen molar-refractivity contribution >= 4 is 29.9 Å². The summed E-state index contributed by atoms with van der Waals surface area (Å²) >= 11 is 6.10. The highest BCUT2D eigenvalue weighted by Gasteiger charge is 2.07. The standard InChI is InChI=1S/C19H23ClN2O2.ClH/c1-14(21)10-11-19(23)22-12-15-6-2-3-7-16(15)13-24-18-9-5-4-8-17(18)20;/h2-9,14H,10-13,21H2,1H3,(H,22,23);1H. The van der Waals surface area contributed by atoms with Gasteiger partial charge in [0.2, 0.25) is 5.91 Å². The predicted molar refractivity (Wildman–Crippen MR) is 104 cm³/mol. The molecule has 25 heavy (non-hydrogen) atoms. The van der Waals surface area contributed by atoms with Gasteiger partial charge in [-0.25, -0.2) is 0 Å². The fraction of sp³-hybridized carbons (Fsp3) is 0.316. The Hall–Kier alpha value is -1.75. The van der Waals surface area contributed by atoms with E-state index in [1.54, 1.807) is 6.07 Å². The third-order valence-electron chi connectivity index (χ3n) is 3.64. The zero-order chi connectivity index (χ0) is 17.4. The molecule has 2 aromatic rings. The number of halogens is 2. The number of hydrogen-bond donors (Lipinski definition) is 2. The number of nitrogens with one attached hydrogen (secondary N) is 1. The Morgan fingerprint density at radius 2 is 1.80 bits per heavy atom. The molecule has 0 fully saturated rings. The van der Waals surface area contributed by atoms with E-state index in [1.807, 2.05) is 49.4 Å². The minimum atomic E-state index is 0. The average molecular weight is 383 g/mol. The number of hydrogen-bond acceptors (Lipinski definition) is 3. The molecule has 1 atom stereocenters. The van der Waals surface area contributed by atoms with E-state index in [9.17, 15) is 4.79 Å². The molecule has 0 bridgehead atoms. The summed E-state index contributed by atoms with van der Waals surface area (Å²) in [5.74, 6) is 0.657. The third kappa shape index (κ3) is 7.34. The number of rotatable bonds is 8. The number of amides is 1. The van der Waals surface area contributed by atoms with E-state index in [2.05, 4.69) is 5.32 Å². The molecule has 0 saturated heterocycles. The van der Waals surface area contributed by atoms with E-state index in [0.29, 0.717) is 36.8 Å². The van der Waals surface area contributed by atoms with E-state index >= 15 is 0 Å². The second-order valence-corrected chi connectivity index (χ2v) is 6.19. The molecule has 4 nitrogen and oxygen atoms in total. The van der Waals surface area contributed by atoms with Crippen LogP contribution in [-0.4, -0.2) is 11.9 Å². The Morgan fingerprint density at radius 1 is 1.16 bits per heavy atom. The maximum Gasteiger partial charge on any atom is 0.220 e. The van der Waals surface area contributed by atoms with Gasteiger partial charge in [0.25, 0.3) is 0 Å². The first kappa shape index (κ1) is 21.3. The molecule has 2 rings (SSSR count). The highest BCUT2D eigenvalue weighted by molar-refractivity contribution is 6.32. The molecule has 0 radical (unpaired) electrons. The van der Waals surface area contributed by atoms with Crippen LogP contribution in [0.25, 0.3) is 0 Å². The topological polar surface area (TPSA) is 64.4 Å². The molecule has 2 aromatic carbocycles. The van der Waals surface area contributed by atoms with Crippen LogP contribution in [0.5, 0.6) is 5.75 Å². The van der Waals surface area contributed by atoms with Gasteiger partial charge in [0, 0.05) is 19.0 Å². The summed E-state index contributed by atoms with van der Waals surface area (Å²) in [5, 5.41) is 3.51. The summed E-state index contributed by atoms with van der Waals surface area (Å²) in [4.78, 5) is 11.8. The van der Waals surface area contributed by atoms with Gasteiger partial charge in [-0.3, -0.25) is 4.79 Å². The minimum absolute atomic E-state index is 0.